The molecule has 2 amide bonds. The number of rotatable bonds is 5. The van der Waals surface area contributed by atoms with Gasteiger partial charge in [-0.05, 0) is 23.6 Å². The Morgan fingerprint density at radius 3 is 2.63 bits per heavy atom. The molecule has 1 aromatic heterocycles. The molecule has 0 saturated carbocycles. The third-order valence-corrected chi connectivity index (χ3v) is 5.01. The highest BCUT2D eigenvalue weighted by Crippen LogP contribution is 2.23. The van der Waals surface area contributed by atoms with Gasteiger partial charge < -0.3 is 10.2 Å². The fourth-order valence-corrected chi connectivity index (χ4v) is 3.46. The first-order valence-corrected chi connectivity index (χ1v) is 9.58. The van der Waals surface area contributed by atoms with Crippen LogP contribution in [-0.2, 0) is 31.4 Å². The molecule has 0 aliphatic carbocycles. The lowest BCUT2D eigenvalue weighted by atomic mass is 10.0. The molecule has 1 aliphatic heterocycles. The zero-order valence-corrected chi connectivity index (χ0v) is 16.7. The molecule has 1 aromatic carbocycles. The first kappa shape index (κ1) is 19.4. The molecule has 1 aliphatic rings. The Labute approximate surface area is 164 Å². The van der Waals surface area contributed by atoms with Crippen LogP contribution in [0.2, 0.25) is 5.02 Å². The largest absolute Gasteiger partial charge is 0.347 e. The van der Waals surface area contributed by atoms with Crippen LogP contribution in [0.25, 0.3) is 0 Å². The van der Waals surface area contributed by atoms with Crippen molar-refractivity contribution < 1.29 is 9.59 Å². The summed E-state index contributed by atoms with van der Waals surface area (Å²) >= 11 is 5.89. The van der Waals surface area contributed by atoms with E-state index >= 15 is 0 Å². The maximum absolute atomic E-state index is 12.7. The van der Waals surface area contributed by atoms with E-state index in [1.54, 1.807) is 16.8 Å². The van der Waals surface area contributed by atoms with Crippen molar-refractivity contribution in [2.45, 2.75) is 39.8 Å². The van der Waals surface area contributed by atoms with Gasteiger partial charge in [-0.1, -0.05) is 37.6 Å². The minimum atomic E-state index is -0.222. The lowest BCUT2D eigenvalue weighted by Gasteiger charge is -2.28. The molecular formula is C20H25ClN4O2. The Hall–Kier alpha value is -2.34. The number of nitrogens with zero attached hydrogens (tertiary/aromatic N) is 3. The first-order valence-electron chi connectivity index (χ1n) is 9.20. The summed E-state index contributed by atoms with van der Waals surface area (Å²) in [6, 6.07) is 7.35. The van der Waals surface area contributed by atoms with Gasteiger partial charge in [0.15, 0.2) is 5.69 Å². The van der Waals surface area contributed by atoms with Gasteiger partial charge in [0.2, 0.25) is 5.91 Å². The number of aromatic nitrogens is 2. The van der Waals surface area contributed by atoms with E-state index in [1.165, 1.54) is 0 Å². The predicted molar refractivity (Wildman–Crippen MR) is 104 cm³/mol. The zero-order valence-electron chi connectivity index (χ0n) is 16.0. The number of nitrogens with one attached hydrogen (secondary N) is 1. The Morgan fingerprint density at radius 2 is 1.96 bits per heavy atom. The van der Waals surface area contributed by atoms with E-state index in [2.05, 4.69) is 10.4 Å². The predicted octanol–water partition coefficient (Wildman–Crippen LogP) is 2.93. The molecule has 144 valence electrons. The number of carbonyl (C=O) groups excluding carboxylic acids is 2. The number of amides is 2. The molecule has 2 heterocycles. The van der Waals surface area contributed by atoms with Crippen molar-refractivity contribution in [1.29, 1.82) is 0 Å². The van der Waals surface area contributed by atoms with Crippen molar-refractivity contribution in [2.75, 3.05) is 6.54 Å². The first-order chi connectivity index (χ1) is 12.8. The lowest BCUT2D eigenvalue weighted by Crippen LogP contribution is -2.37. The quantitative estimate of drug-likeness (QED) is 0.856. The maximum Gasteiger partial charge on any atom is 0.272 e. The number of halogens is 1. The number of benzene rings is 1. The van der Waals surface area contributed by atoms with Crippen LogP contribution in [0.5, 0.6) is 0 Å². The number of hydrogen-bond donors (Lipinski definition) is 1. The minimum Gasteiger partial charge on any atom is -0.347 e. The minimum absolute atomic E-state index is 0.132. The zero-order chi connectivity index (χ0) is 19.6. The number of fused-ring (bicyclic) bond motifs is 1. The maximum atomic E-state index is 12.7. The molecule has 7 heteroatoms. The van der Waals surface area contributed by atoms with Gasteiger partial charge in [-0.2, -0.15) is 5.10 Å². The molecule has 27 heavy (non-hydrogen) atoms. The SMILES string of the molecule is CC(C)CC(=O)N1CCc2c(c(C(=O)NCc3ccc(Cl)cc3)nn2C)C1. The number of aryl methyl sites for hydroxylation is 1. The second-order valence-corrected chi connectivity index (χ2v) is 7.81. The number of carbonyl (C=O) groups is 2. The molecule has 1 N–H and O–H groups in total. The summed E-state index contributed by atoms with van der Waals surface area (Å²) in [7, 11) is 1.85. The van der Waals surface area contributed by atoms with Crippen molar-refractivity contribution in [3.63, 3.8) is 0 Å². The molecule has 0 unspecified atom stereocenters. The molecule has 0 radical (unpaired) electrons. The molecule has 0 saturated heterocycles. The standard InChI is InChI=1S/C20H25ClN4O2/c1-13(2)10-18(26)25-9-8-17-16(12-25)19(23-24(17)3)20(27)22-11-14-4-6-15(21)7-5-14/h4-7,13H,8-12H2,1-3H3,(H,22,27). The summed E-state index contributed by atoms with van der Waals surface area (Å²) in [6.07, 6.45) is 1.24. The fourth-order valence-electron chi connectivity index (χ4n) is 3.33. The highest BCUT2D eigenvalue weighted by atomic mass is 35.5. The fraction of sp³-hybridized carbons (Fsp3) is 0.450. The average molecular weight is 389 g/mol. The second kappa shape index (κ2) is 8.13. The Bertz CT molecular complexity index is 842. The number of hydrogen-bond acceptors (Lipinski definition) is 3. The van der Waals surface area contributed by atoms with E-state index < -0.39 is 0 Å². The van der Waals surface area contributed by atoms with Crippen molar-refractivity contribution in [3.8, 4) is 0 Å². The van der Waals surface area contributed by atoms with Gasteiger partial charge in [-0.25, -0.2) is 0 Å². The molecular weight excluding hydrogens is 364 g/mol. The van der Waals surface area contributed by atoms with Crippen molar-refractivity contribution >= 4 is 23.4 Å². The van der Waals surface area contributed by atoms with Crippen molar-refractivity contribution in [1.82, 2.24) is 20.0 Å². The van der Waals surface area contributed by atoms with Crippen molar-refractivity contribution in [3.05, 3.63) is 51.8 Å². The Kier molecular flexibility index (Phi) is 5.85. The topological polar surface area (TPSA) is 67.2 Å². The molecule has 3 rings (SSSR count). The monoisotopic (exact) mass is 388 g/mol. The van der Waals surface area contributed by atoms with Crippen molar-refractivity contribution in [2.24, 2.45) is 13.0 Å². The van der Waals surface area contributed by atoms with Crippen LogP contribution in [0, 0.1) is 5.92 Å². The Balaban J connectivity index is 1.72. The van der Waals surface area contributed by atoms with Gasteiger partial charge in [-0.15, -0.1) is 0 Å². The van der Waals surface area contributed by atoms with Crippen LogP contribution >= 0.6 is 11.6 Å². The van der Waals surface area contributed by atoms with Gasteiger partial charge in [0.05, 0.1) is 0 Å². The summed E-state index contributed by atoms with van der Waals surface area (Å²) in [6.45, 7) is 5.58. The lowest BCUT2D eigenvalue weighted by molar-refractivity contribution is -0.132. The normalized spacial score (nSPS) is 13.6. The van der Waals surface area contributed by atoms with Crippen LogP contribution in [0.1, 0.15) is 47.6 Å². The van der Waals surface area contributed by atoms with E-state index in [1.807, 2.05) is 37.9 Å². The summed E-state index contributed by atoms with van der Waals surface area (Å²) in [5, 5.41) is 7.99. The smallest absolute Gasteiger partial charge is 0.272 e. The van der Waals surface area contributed by atoms with Crippen LogP contribution in [0.3, 0.4) is 0 Å². The van der Waals surface area contributed by atoms with Gasteiger partial charge in [-0.3, -0.25) is 14.3 Å². The average Bonchev–Trinajstić information content (AvgIpc) is 2.97. The third kappa shape index (κ3) is 4.50. The molecule has 0 spiro atoms. The van der Waals surface area contributed by atoms with Gasteiger partial charge in [0.25, 0.3) is 5.91 Å². The highest BCUT2D eigenvalue weighted by Gasteiger charge is 2.29. The second-order valence-electron chi connectivity index (χ2n) is 7.37. The van der Waals surface area contributed by atoms with E-state index in [0.717, 1.165) is 16.8 Å². The van der Waals surface area contributed by atoms with Gasteiger partial charge in [0, 0.05) is 55.8 Å². The van der Waals surface area contributed by atoms with E-state index in [4.69, 9.17) is 11.6 Å². The van der Waals surface area contributed by atoms with Gasteiger partial charge in [0.1, 0.15) is 0 Å². The molecule has 0 bridgehead atoms. The van der Waals surface area contributed by atoms with Crippen LogP contribution in [-0.4, -0.2) is 33.0 Å². The summed E-state index contributed by atoms with van der Waals surface area (Å²) < 4.78 is 1.76. The highest BCUT2D eigenvalue weighted by molar-refractivity contribution is 6.30. The summed E-state index contributed by atoms with van der Waals surface area (Å²) in [5.74, 6) is 0.224. The van der Waals surface area contributed by atoms with E-state index in [0.29, 0.717) is 49.1 Å². The molecule has 0 fully saturated rings. The van der Waals surface area contributed by atoms with E-state index in [9.17, 15) is 9.59 Å². The van der Waals surface area contributed by atoms with Gasteiger partial charge >= 0.3 is 0 Å². The summed E-state index contributed by atoms with van der Waals surface area (Å²) in [5.41, 5.74) is 3.25. The molecule has 2 aromatic rings. The Morgan fingerprint density at radius 1 is 1.26 bits per heavy atom. The molecule has 0 atom stereocenters. The molecule has 6 nitrogen and oxygen atoms in total. The van der Waals surface area contributed by atoms with E-state index in [-0.39, 0.29) is 11.8 Å². The third-order valence-electron chi connectivity index (χ3n) is 4.76. The summed E-state index contributed by atoms with van der Waals surface area (Å²) in [4.78, 5) is 27.0. The van der Waals surface area contributed by atoms with Crippen LogP contribution < -0.4 is 5.32 Å². The van der Waals surface area contributed by atoms with Crippen LogP contribution in [0.4, 0.5) is 0 Å². The van der Waals surface area contributed by atoms with Crippen LogP contribution in [0.15, 0.2) is 24.3 Å².